The van der Waals surface area contributed by atoms with E-state index in [0.717, 1.165) is 5.56 Å². The molecule has 3 rings (SSSR count). The van der Waals surface area contributed by atoms with Gasteiger partial charge in [0.2, 0.25) is 0 Å². The van der Waals surface area contributed by atoms with Crippen LogP contribution in [0.4, 0.5) is 4.39 Å². The van der Waals surface area contributed by atoms with Gasteiger partial charge in [-0.15, -0.1) is 0 Å². The van der Waals surface area contributed by atoms with Gasteiger partial charge in [0.1, 0.15) is 42.1 Å². The molecule has 27 heavy (non-hydrogen) atoms. The first-order valence-corrected chi connectivity index (χ1v) is 8.66. The Morgan fingerprint density at radius 2 is 1.70 bits per heavy atom. The molecule has 0 spiro atoms. The predicted molar refractivity (Wildman–Crippen MR) is 94.9 cm³/mol. The van der Waals surface area contributed by atoms with E-state index in [2.05, 4.69) is 0 Å². The largest absolute Gasteiger partial charge is 0.497 e. The van der Waals surface area contributed by atoms with Gasteiger partial charge in [-0.1, -0.05) is 18.2 Å². The normalized spacial score (nSPS) is 28.1. The number of aliphatic hydroxyl groups is 4. The minimum Gasteiger partial charge on any atom is -0.497 e. The summed E-state index contributed by atoms with van der Waals surface area (Å²) in [5.74, 6) is 0.299. The van der Waals surface area contributed by atoms with Crippen molar-refractivity contribution in [3.63, 3.8) is 0 Å². The summed E-state index contributed by atoms with van der Waals surface area (Å²) in [5.41, 5.74) is 1.73. The Morgan fingerprint density at radius 1 is 1.00 bits per heavy atom. The molecule has 7 heteroatoms. The Balaban J connectivity index is 1.85. The lowest BCUT2D eigenvalue weighted by Gasteiger charge is -2.40. The molecule has 0 unspecified atom stereocenters. The lowest BCUT2D eigenvalue weighted by molar-refractivity contribution is -0.231. The highest BCUT2D eigenvalue weighted by molar-refractivity contribution is 5.35. The fourth-order valence-electron chi connectivity index (χ4n) is 3.25. The topological polar surface area (TPSA) is 99.4 Å². The van der Waals surface area contributed by atoms with E-state index >= 15 is 0 Å². The van der Waals surface area contributed by atoms with Crippen LogP contribution in [0.15, 0.2) is 42.5 Å². The third-order valence-corrected chi connectivity index (χ3v) is 4.84. The van der Waals surface area contributed by atoms with Gasteiger partial charge >= 0.3 is 0 Å². The summed E-state index contributed by atoms with van der Waals surface area (Å²) in [4.78, 5) is 0. The molecule has 4 N–H and O–H groups in total. The summed E-state index contributed by atoms with van der Waals surface area (Å²) in [5, 5.41) is 39.4. The Kier molecular flexibility index (Phi) is 6.08. The molecule has 146 valence electrons. The van der Waals surface area contributed by atoms with Crippen molar-refractivity contribution in [3.8, 4) is 5.75 Å². The van der Waals surface area contributed by atoms with E-state index in [1.165, 1.54) is 12.1 Å². The molecule has 0 aliphatic carbocycles. The maximum absolute atomic E-state index is 14.3. The highest BCUT2D eigenvalue weighted by atomic mass is 19.1. The van der Waals surface area contributed by atoms with Crippen molar-refractivity contribution in [1.82, 2.24) is 0 Å². The van der Waals surface area contributed by atoms with E-state index in [1.54, 1.807) is 25.3 Å². The van der Waals surface area contributed by atoms with Gasteiger partial charge in [0.25, 0.3) is 0 Å². The molecule has 1 saturated heterocycles. The number of ether oxygens (including phenoxy) is 2. The van der Waals surface area contributed by atoms with Crippen LogP contribution in [0, 0.1) is 5.82 Å². The molecule has 0 bridgehead atoms. The Morgan fingerprint density at radius 3 is 2.33 bits per heavy atom. The van der Waals surface area contributed by atoms with Gasteiger partial charge in [-0.05, 0) is 41.0 Å². The van der Waals surface area contributed by atoms with Crippen molar-refractivity contribution < 1.29 is 34.3 Å². The van der Waals surface area contributed by atoms with Crippen molar-refractivity contribution in [2.45, 2.75) is 36.9 Å². The summed E-state index contributed by atoms with van der Waals surface area (Å²) >= 11 is 0. The number of methoxy groups -OCH3 is 1. The summed E-state index contributed by atoms with van der Waals surface area (Å²) in [7, 11) is 1.57. The van der Waals surface area contributed by atoms with Crippen molar-refractivity contribution in [2.24, 2.45) is 0 Å². The summed E-state index contributed by atoms with van der Waals surface area (Å²) in [6.07, 6.45) is -5.99. The molecular weight excluding hydrogens is 355 g/mol. The van der Waals surface area contributed by atoms with E-state index in [-0.39, 0.29) is 0 Å². The van der Waals surface area contributed by atoms with Crippen LogP contribution in [0.2, 0.25) is 0 Å². The van der Waals surface area contributed by atoms with Gasteiger partial charge in [0, 0.05) is 6.42 Å². The molecule has 5 atom stereocenters. The average molecular weight is 378 g/mol. The predicted octanol–water partition coefficient (Wildman–Crippen LogP) is 0.940. The minimum atomic E-state index is -1.48. The number of hydrogen-bond donors (Lipinski definition) is 4. The van der Waals surface area contributed by atoms with E-state index < -0.39 is 42.9 Å². The zero-order chi connectivity index (χ0) is 19.6. The van der Waals surface area contributed by atoms with Crippen molar-refractivity contribution in [3.05, 3.63) is 65.0 Å². The Bertz CT molecular complexity index is 764. The Hall–Kier alpha value is -2.03. The van der Waals surface area contributed by atoms with Crippen LogP contribution in [0.1, 0.15) is 22.8 Å². The van der Waals surface area contributed by atoms with E-state index in [4.69, 9.17) is 9.47 Å². The van der Waals surface area contributed by atoms with Crippen LogP contribution in [0.5, 0.6) is 5.75 Å². The van der Waals surface area contributed by atoms with Crippen molar-refractivity contribution >= 4 is 0 Å². The molecule has 0 saturated carbocycles. The monoisotopic (exact) mass is 378 g/mol. The van der Waals surface area contributed by atoms with Gasteiger partial charge in [-0.2, -0.15) is 0 Å². The maximum Gasteiger partial charge on any atom is 0.126 e. The Labute approximate surface area is 156 Å². The zero-order valence-electron chi connectivity index (χ0n) is 14.8. The third kappa shape index (κ3) is 4.12. The molecule has 1 heterocycles. The van der Waals surface area contributed by atoms with E-state index in [9.17, 15) is 24.8 Å². The molecule has 2 aromatic carbocycles. The molecule has 0 aromatic heterocycles. The van der Waals surface area contributed by atoms with Gasteiger partial charge in [0.15, 0.2) is 0 Å². The van der Waals surface area contributed by atoms with Crippen LogP contribution in [-0.4, -0.2) is 58.6 Å². The molecule has 6 nitrogen and oxygen atoms in total. The first kappa shape index (κ1) is 19.7. The molecule has 1 aliphatic rings. The average Bonchev–Trinajstić information content (AvgIpc) is 2.69. The van der Waals surface area contributed by atoms with Crippen molar-refractivity contribution in [2.75, 3.05) is 13.7 Å². The lowest BCUT2D eigenvalue weighted by Crippen LogP contribution is -2.55. The lowest BCUT2D eigenvalue weighted by atomic mass is 9.90. The second-order valence-corrected chi connectivity index (χ2v) is 6.63. The van der Waals surface area contributed by atoms with Crippen LogP contribution < -0.4 is 4.74 Å². The number of hydrogen-bond acceptors (Lipinski definition) is 6. The van der Waals surface area contributed by atoms with Crippen molar-refractivity contribution in [1.29, 1.82) is 0 Å². The smallest absolute Gasteiger partial charge is 0.126 e. The van der Waals surface area contributed by atoms with Crippen LogP contribution >= 0.6 is 0 Å². The summed E-state index contributed by atoms with van der Waals surface area (Å²) in [6, 6.07) is 11.5. The van der Waals surface area contributed by atoms with Gasteiger partial charge in [0.05, 0.1) is 13.7 Å². The summed E-state index contributed by atoms with van der Waals surface area (Å²) < 4.78 is 24.9. The quantitative estimate of drug-likeness (QED) is 0.618. The molecule has 1 fully saturated rings. The summed E-state index contributed by atoms with van der Waals surface area (Å²) in [6.45, 7) is -0.513. The highest BCUT2D eigenvalue weighted by Gasteiger charge is 2.44. The second-order valence-electron chi connectivity index (χ2n) is 6.63. The number of rotatable bonds is 5. The van der Waals surface area contributed by atoms with Crippen LogP contribution in [0.25, 0.3) is 0 Å². The molecular formula is C20H23FO6. The van der Waals surface area contributed by atoms with Gasteiger partial charge < -0.3 is 29.9 Å². The first-order valence-electron chi connectivity index (χ1n) is 8.66. The number of aliphatic hydroxyl groups excluding tert-OH is 4. The standard InChI is InChI=1S/C20H23FO6/c1-26-14-5-2-11(3-6-14)8-13-9-12(4-7-15(13)21)20-19(25)18(24)17(23)16(10-22)27-20/h2-7,9,16-20,22-25H,8,10H2,1H3/t16-,17-,18+,19-,20+/m1/s1. The van der Waals surface area contributed by atoms with E-state index in [0.29, 0.717) is 23.3 Å². The second kappa shape index (κ2) is 8.33. The highest BCUT2D eigenvalue weighted by Crippen LogP contribution is 2.33. The minimum absolute atomic E-state index is 0.321. The molecule has 0 amide bonds. The molecule has 2 aromatic rings. The van der Waals surface area contributed by atoms with Crippen LogP contribution in [0.3, 0.4) is 0 Å². The fraction of sp³-hybridized carbons (Fsp3) is 0.400. The zero-order valence-corrected chi connectivity index (χ0v) is 14.8. The third-order valence-electron chi connectivity index (χ3n) is 4.84. The van der Waals surface area contributed by atoms with Gasteiger partial charge in [-0.3, -0.25) is 0 Å². The number of halogens is 1. The van der Waals surface area contributed by atoms with Gasteiger partial charge in [-0.25, -0.2) is 4.39 Å². The maximum atomic E-state index is 14.3. The van der Waals surface area contributed by atoms with E-state index in [1.807, 2.05) is 12.1 Å². The first-order chi connectivity index (χ1) is 12.9. The number of benzene rings is 2. The van der Waals surface area contributed by atoms with Crippen LogP contribution in [-0.2, 0) is 11.2 Å². The molecule has 0 radical (unpaired) electrons. The fourth-order valence-corrected chi connectivity index (χ4v) is 3.25. The SMILES string of the molecule is COc1ccc(Cc2cc([C@@H]3O[C@H](CO)[C@@H](O)[C@H](O)[C@H]3O)ccc2F)cc1. The molecule has 1 aliphatic heterocycles.